The van der Waals surface area contributed by atoms with Crippen LogP contribution in [0.5, 0.6) is 0 Å². The van der Waals surface area contributed by atoms with E-state index in [1.807, 2.05) is 12.1 Å². The van der Waals surface area contributed by atoms with Crippen LogP contribution in [0.1, 0.15) is 53.7 Å². The maximum absolute atomic E-state index is 12.5. The minimum absolute atomic E-state index is 0.0954. The van der Waals surface area contributed by atoms with Crippen molar-refractivity contribution in [2.75, 3.05) is 0 Å². The number of fused-ring (bicyclic) bond motifs is 4. The molecule has 1 unspecified atom stereocenters. The first-order valence-corrected chi connectivity index (χ1v) is 7.75. The van der Waals surface area contributed by atoms with Crippen LogP contribution in [-0.4, -0.2) is 5.78 Å². The fraction of sp³-hybridized carbons (Fsp3) is 0.316. The van der Waals surface area contributed by atoms with Gasteiger partial charge < -0.3 is 0 Å². The molecule has 0 aromatic heterocycles. The van der Waals surface area contributed by atoms with Crippen molar-refractivity contribution in [3.8, 4) is 0 Å². The van der Waals surface area contributed by atoms with Crippen LogP contribution in [0.3, 0.4) is 0 Å². The molecule has 1 atom stereocenters. The summed E-state index contributed by atoms with van der Waals surface area (Å²) in [5.41, 5.74) is 4.62. The SMILES string of the molecule is CC1(C)CC2(CC(=O)c3cc(Cl)ccc32)c2ccccc21. The van der Waals surface area contributed by atoms with E-state index in [-0.39, 0.29) is 16.6 Å². The Morgan fingerprint density at radius 2 is 1.71 bits per heavy atom. The molecule has 2 heteroatoms. The first-order chi connectivity index (χ1) is 9.94. The molecule has 0 saturated heterocycles. The summed E-state index contributed by atoms with van der Waals surface area (Å²) in [6, 6.07) is 14.4. The number of carbonyl (C=O) groups is 1. The predicted molar refractivity (Wildman–Crippen MR) is 85.3 cm³/mol. The predicted octanol–water partition coefficient (Wildman–Crippen LogP) is 4.89. The van der Waals surface area contributed by atoms with Crippen LogP contribution in [0.2, 0.25) is 5.02 Å². The monoisotopic (exact) mass is 296 g/mol. The first kappa shape index (κ1) is 13.1. The quantitative estimate of drug-likeness (QED) is 0.676. The lowest BCUT2D eigenvalue weighted by Gasteiger charge is -2.27. The molecule has 2 aromatic carbocycles. The van der Waals surface area contributed by atoms with Crippen molar-refractivity contribution in [1.29, 1.82) is 0 Å². The van der Waals surface area contributed by atoms with Gasteiger partial charge in [-0.3, -0.25) is 4.79 Å². The molecule has 0 amide bonds. The molecule has 0 heterocycles. The number of carbonyl (C=O) groups excluding carboxylic acids is 1. The van der Waals surface area contributed by atoms with Crippen molar-refractivity contribution in [3.63, 3.8) is 0 Å². The van der Waals surface area contributed by atoms with E-state index in [2.05, 4.69) is 44.2 Å². The Kier molecular flexibility index (Phi) is 2.48. The van der Waals surface area contributed by atoms with Crippen LogP contribution in [0, 0.1) is 0 Å². The fourth-order valence-electron chi connectivity index (χ4n) is 4.46. The molecular weight excluding hydrogens is 280 g/mol. The summed E-state index contributed by atoms with van der Waals surface area (Å²) < 4.78 is 0. The molecule has 21 heavy (non-hydrogen) atoms. The molecule has 2 aliphatic rings. The van der Waals surface area contributed by atoms with Crippen molar-refractivity contribution in [3.05, 3.63) is 69.7 Å². The number of rotatable bonds is 0. The van der Waals surface area contributed by atoms with E-state index in [9.17, 15) is 4.79 Å². The van der Waals surface area contributed by atoms with Gasteiger partial charge in [-0.1, -0.05) is 55.8 Å². The van der Waals surface area contributed by atoms with Crippen molar-refractivity contribution in [1.82, 2.24) is 0 Å². The second kappa shape index (κ2) is 3.98. The van der Waals surface area contributed by atoms with Gasteiger partial charge in [-0.05, 0) is 40.7 Å². The van der Waals surface area contributed by atoms with Gasteiger partial charge in [0.25, 0.3) is 0 Å². The molecule has 0 N–H and O–H groups in total. The minimum Gasteiger partial charge on any atom is -0.294 e. The molecule has 0 fully saturated rings. The van der Waals surface area contributed by atoms with E-state index in [4.69, 9.17) is 11.6 Å². The Bertz CT molecular complexity index is 775. The smallest absolute Gasteiger partial charge is 0.164 e. The van der Waals surface area contributed by atoms with Gasteiger partial charge in [0.2, 0.25) is 0 Å². The normalized spacial score (nSPS) is 25.2. The van der Waals surface area contributed by atoms with Crippen LogP contribution in [-0.2, 0) is 10.8 Å². The third-order valence-corrected chi connectivity index (χ3v) is 5.41. The lowest BCUT2D eigenvalue weighted by molar-refractivity contribution is 0.0978. The zero-order valence-corrected chi connectivity index (χ0v) is 13.0. The summed E-state index contributed by atoms with van der Waals surface area (Å²) in [6.45, 7) is 4.55. The Morgan fingerprint density at radius 1 is 1.00 bits per heavy atom. The summed E-state index contributed by atoms with van der Waals surface area (Å²) in [7, 11) is 0. The Hall–Kier alpha value is -1.60. The van der Waals surface area contributed by atoms with E-state index in [0.29, 0.717) is 11.4 Å². The average molecular weight is 297 g/mol. The molecule has 0 bridgehead atoms. The first-order valence-electron chi connectivity index (χ1n) is 7.37. The molecular formula is C19H17ClO. The fourth-order valence-corrected chi connectivity index (χ4v) is 4.63. The summed E-state index contributed by atoms with van der Waals surface area (Å²) in [5.74, 6) is 0.222. The van der Waals surface area contributed by atoms with Crippen LogP contribution in [0.25, 0.3) is 0 Å². The van der Waals surface area contributed by atoms with E-state index in [0.717, 1.165) is 17.5 Å². The number of benzene rings is 2. The Labute approximate surface area is 129 Å². The van der Waals surface area contributed by atoms with E-state index in [1.54, 1.807) is 0 Å². The summed E-state index contributed by atoms with van der Waals surface area (Å²) >= 11 is 6.09. The van der Waals surface area contributed by atoms with Gasteiger partial charge in [-0.15, -0.1) is 0 Å². The maximum Gasteiger partial charge on any atom is 0.164 e. The van der Waals surface area contributed by atoms with Gasteiger partial charge in [0, 0.05) is 22.4 Å². The number of halogens is 1. The number of hydrogen-bond acceptors (Lipinski definition) is 1. The Balaban J connectivity index is 2.02. The maximum atomic E-state index is 12.5. The molecule has 2 aliphatic carbocycles. The van der Waals surface area contributed by atoms with Gasteiger partial charge in [0.15, 0.2) is 5.78 Å². The Morgan fingerprint density at radius 3 is 2.48 bits per heavy atom. The number of Topliss-reactive ketones (excluding diaryl/α,β-unsaturated/α-hetero) is 1. The van der Waals surface area contributed by atoms with Crippen molar-refractivity contribution >= 4 is 17.4 Å². The summed E-state index contributed by atoms with van der Waals surface area (Å²) in [5, 5.41) is 0.643. The van der Waals surface area contributed by atoms with Gasteiger partial charge >= 0.3 is 0 Å². The second-order valence-electron chi connectivity index (χ2n) is 6.98. The lowest BCUT2D eigenvalue weighted by Crippen LogP contribution is -2.24. The van der Waals surface area contributed by atoms with Crippen molar-refractivity contribution < 1.29 is 4.79 Å². The molecule has 1 nitrogen and oxygen atoms in total. The third-order valence-electron chi connectivity index (χ3n) is 5.18. The van der Waals surface area contributed by atoms with Crippen LogP contribution < -0.4 is 0 Å². The van der Waals surface area contributed by atoms with Crippen molar-refractivity contribution in [2.45, 2.75) is 37.5 Å². The van der Waals surface area contributed by atoms with Gasteiger partial charge in [-0.2, -0.15) is 0 Å². The molecule has 106 valence electrons. The zero-order valence-electron chi connectivity index (χ0n) is 12.2. The molecule has 1 spiro atoms. The average Bonchev–Trinajstić information content (AvgIpc) is 2.84. The van der Waals surface area contributed by atoms with Crippen LogP contribution in [0.15, 0.2) is 42.5 Å². The molecule has 2 aromatic rings. The van der Waals surface area contributed by atoms with Crippen molar-refractivity contribution in [2.24, 2.45) is 0 Å². The van der Waals surface area contributed by atoms with E-state index in [1.165, 1.54) is 11.1 Å². The third kappa shape index (κ3) is 1.61. The van der Waals surface area contributed by atoms with E-state index >= 15 is 0 Å². The van der Waals surface area contributed by atoms with Crippen LogP contribution >= 0.6 is 11.6 Å². The number of hydrogen-bond donors (Lipinski definition) is 0. The molecule has 4 rings (SSSR count). The molecule has 0 saturated carbocycles. The van der Waals surface area contributed by atoms with E-state index < -0.39 is 0 Å². The highest BCUT2D eigenvalue weighted by atomic mass is 35.5. The van der Waals surface area contributed by atoms with Gasteiger partial charge in [0.05, 0.1) is 0 Å². The molecule has 0 radical (unpaired) electrons. The standard InChI is InChI=1S/C19H17ClO/c1-18(2)11-19(16-6-4-3-5-15(16)18)10-17(21)13-9-12(20)7-8-14(13)19/h3-9H,10-11H2,1-2H3. The highest BCUT2D eigenvalue weighted by Gasteiger charge is 2.53. The lowest BCUT2D eigenvalue weighted by atomic mass is 9.74. The summed E-state index contributed by atoms with van der Waals surface area (Å²) in [4.78, 5) is 12.5. The highest BCUT2D eigenvalue weighted by Crippen LogP contribution is 2.58. The second-order valence-corrected chi connectivity index (χ2v) is 7.41. The minimum atomic E-state index is -0.156. The summed E-state index contributed by atoms with van der Waals surface area (Å²) in [6.07, 6.45) is 1.56. The number of ketones is 1. The molecule has 0 aliphatic heterocycles. The topological polar surface area (TPSA) is 17.1 Å². The van der Waals surface area contributed by atoms with Gasteiger partial charge in [0.1, 0.15) is 0 Å². The zero-order chi connectivity index (χ0) is 14.8. The highest BCUT2D eigenvalue weighted by molar-refractivity contribution is 6.31. The van der Waals surface area contributed by atoms with Gasteiger partial charge in [-0.25, -0.2) is 0 Å². The van der Waals surface area contributed by atoms with Crippen LogP contribution in [0.4, 0.5) is 0 Å². The largest absolute Gasteiger partial charge is 0.294 e.